The fourth-order valence-electron chi connectivity index (χ4n) is 4.57. The maximum atomic E-state index is 12.3. The first-order chi connectivity index (χ1) is 9.95. The van der Waals surface area contributed by atoms with Gasteiger partial charge in [-0.15, -0.1) is 0 Å². The van der Waals surface area contributed by atoms with Gasteiger partial charge in [0.15, 0.2) is 0 Å². The lowest BCUT2D eigenvalue weighted by molar-refractivity contribution is 0.0944. The van der Waals surface area contributed by atoms with Crippen LogP contribution in [0.5, 0.6) is 0 Å². The van der Waals surface area contributed by atoms with E-state index in [1.165, 1.54) is 31.4 Å². The van der Waals surface area contributed by atoms with Gasteiger partial charge in [-0.2, -0.15) is 0 Å². The van der Waals surface area contributed by atoms with Crippen LogP contribution in [-0.2, 0) is 10.0 Å². The molecule has 4 rings (SSSR count). The van der Waals surface area contributed by atoms with Gasteiger partial charge in [0.25, 0.3) is 5.91 Å². The van der Waals surface area contributed by atoms with Crippen LogP contribution >= 0.6 is 0 Å². The van der Waals surface area contributed by atoms with Crippen molar-refractivity contribution in [3.8, 4) is 0 Å². The van der Waals surface area contributed by atoms with E-state index in [2.05, 4.69) is 5.32 Å². The monoisotopic (exact) mass is 306 g/mol. The average Bonchev–Trinajstić information content (AvgIpc) is 2.83. The van der Waals surface area contributed by atoms with E-state index in [9.17, 15) is 13.2 Å². The van der Waals surface area contributed by atoms with Crippen molar-refractivity contribution in [2.75, 3.05) is 0 Å². The van der Waals surface area contributed by atoms with Crippen LogP contribution in [0, 0.1) is 23.7 Å². The van der Waals surface area contributed by atoms with Crippen LogP contribution in [0.3, 0.4) is 0 Å². The molecule has 0 aliphatic heterocycles. The lowest BCUT2D eigenvalue weighted by Crippen LogP contribution is -2.30. The molecule has 0 heterocycles. The lowest BCUT2D eigenvalue weighted by Gasteiger charge is -2.11. The highest BCUT2D eigenvalue weighted by Gasteiger charge is 2.65. The Morgan fingerprint density at radius 1 is 1.19 bits per heavy atom. The molecule has 0 aromatic heterocycles. The quantitative estimate of drug-likeness (QED) is 0.876. The smallest absolute Gasteiger partial charge is 0.251 e. The van der Waals surface area contributed by atoms with Crippen molar-refractivity contribution < 1.29 is 13.2 Å². The van der Waals surface area contributed by atoms with Crippen LogP contribution in [0.25, 0.3) is 0 Å². The first-order valence-corrected chi connectivity index (χ1v) is 8.93. The van der Waals surface area contributed by atoms with Gasteiger partial charge in [0.1, 0.15) is 0 Å². The summed E-state index contributed by atoms with van der Waals surface area (Å²) in [4.78, 5) is 12.3. The topological polar surface area (TPSA) is 89.3 Å². The third-order valence-electron chi connectivity index (χ3n) is 5.46. The van der Waals surface area contributed by atoms with Gasteiger partial charge in [-0.3, -0.25) is 4.79 Å². The molecule has 0 saturated heterocycles. The molecule has 112 valence electrons. The summed E-state index contributed by atoms with van der Waals surface area (Å²) in [7, 11) is -3.77. The van der Waals surface area contributed by atoms with Crippen molar-refractivity contribution in [1.82, 2.24) is 5.32 Å². The van der Waals surface area contributed by atoms with Gasteiger partial charge in [0.05, 0.1) is 4.90 Å². The molecule has 0 spiro atoms. The second-order valence-electron chi connectivity index (χ2n) is 6.56. The number of hydrogen-bond acceptors (Lipinski definition) is 3. The van der Waals surface area contributed by atoms with Crippen LogP contribution in [0.4, 0.5) is 0 Å². The Bertz CT molecular complexity index is 699. The molecule has 3 aliphatic carbocycles. The number of sulfonamides is 1. The highest BCUT2D eigenvalue weighted by molar-refractivity contribution is 7.89. The van der Waals surface area contributed by atoms with Gasteiger partial charge in [0.2, 0.25) is 10.0 Å². The van der Waals surface area contributed by atoms with E-state index in [0.29, 0.717) is 23.4 Å². The molecular weight excluding hydrogens is 288 g/mol. The van der Waals surface area contributed by atoms with Crippen LogP contribution in [-0.4, -0.2) is 20.4 Å². The molecule has 1 aromatic carbocycles. The fourth-order valence-corrected chi connectivity index (χ4v) is 5.13. The Hall–Kier alpha value is -1.40. The Balaban J connectivity index is 1.49. The second kappa shape index (κ2) is 4.30. The van der Waals surface area contributed by atoms with Crippen molar-refractivity contribution in [2.45, 2.75) is 30.2 Å². The summed E-state index contributed by atoms with van der Waals surface area (Å²) >= 11 is 0. The van der Waals surface area contributed by atoms with Gasteiger partial charge in [-0.25, -0.2) is 13.6 Å². The molecule has 5 nitrogen and oxygen atoms in total. The van der Waals surface area contributed by atoms with Crippen LogP contribution in [0.15, 0.2) is 29.2 Å². The summed E-state index contributed by atoms with van der Waals surface area (Å²) in [5.41, 5.74) is 0.360. The molecule has 3 saturated carbocycles. The minimum absolute atomic E-state index is 0.0220. The summed E-state index contributed by atoms with van der Waals surface area (Å²) in [6.07, 6.45) is 3.95. The van der Waals surface area contributed by atoms with Gasteiger partial charge in [-0.05, 0) is 61.1 Å². The van der Waals surface area contributed by atoms with Crippen molar-refractivity contribution in [1.29, 1.82) is 0 Å². The molecule has 21 heavy (non-hydrogen) atoms. The van der Waals surface area contributed by atoms with Crippen molar-refractivity contribution in [3.05, 3.63) is 29.8 Å². The number of amides is 1. The first kappa shape index (κ1) is 13.3. The van der Waals surface area contributed by atoms with Crippen molar-refractivity contribution >= 4 is 15.9 Å². The minimum atomic E-state index is -3.77. The van der Waals surface area contributed by atoms with Gasteiger partial charge in [-0.1, -0.05) is 6.07 Å². The van der Waals surface area contributed by atoms with Gasteiger partial charge < -0.3 is 5.32 Å². The Morgan fingerprint density at radius 2 is 1.86 bits per heavy atom. The number of nitrogens with two attached hydrogens (primary N) is 1. The van der Waals surface area contributed by atoms with Crippen LogP contribution in [0.1, 0.15) is 29.6 Å². The number of nitrogens with one attached hydrogen (secondary N) is 1. The molecule has 1 aromatic rings. The maximum Gasteiger partial charge on any atom is 0.251 e. The molecule has 6 heteroatoms. The van der Waals surface area contributed by atoms with Crippen molar-refractivity contribution in [3.63, 3.8) is 0 Å². The number of hydrogen-bond donors (Lipinski definition) is 2. The maximum absolute atomic E-state index is 12.3. The molecule has 3 N–H and O–H groups in total. The number of benzene rings is 1. The van der Waals surface area contributed by atoms with Crippen LogP contribution in [0.2, 0.25) is 0 Å². The molecule has 2 bridgehead atoms. The zero-order chi connectivity index (χ0) is 14.8. The van der Waals surface area contributed by atoms with E-state index >= 15 is 0 Å². The zero-order valence-electron chi connectivity index (χ0n) is 11.5. The Morgan fingerprint density at radius 3 is 2.48 bits per heavy atom. The first-order valence-electron chi connectivity index (χ1n) is 7.39. The second-order valence-corrected chi connectivity index (χ2v) is 8.12. The molecule has 3 aliphatic rings. The summed E-state index contributed by atoms with van der Waals surface area (Å²) in [5, 5.41) is 8.18. The highest BCUT2D eigenvalue weighted by Crippen LogP contribution is 2.65. The van der Waals surface area contributed by atoms with E-state index in [1.807, 2.05) is 0 Å². The number of primary sulfonamides is 1. The molecule has 1 amide bonds. The normalized spacial score (nSPS) is 36.3. The Labute approximate surface area is 124 Å². The number of rotatable bonds is 3. The highest BCUT2D eigenvalue weighted by atomic mass is 32.2. The molecular formula is C15H18N2O3S. The van der Waals surface area contributed by atoms with Crippen LogP contribution < -0.4 is 10.5 Å². The minimum Gasteiger partial charge on any atom is -0.349 e. The number of carbonyl (C=O) groups excluding carboxylic acids is 1. The van der Waals surface area contributed by atoms with E-state index < -0.39 is 10.0 Å². The van der Waals surface area contributed by atoms with Gasteiger partial charge in [0, 0.05) is 11.6 Å². The third-order valence-corrected chi connectivity index (χ3v) is 6.37. The van der Waals surface area contributed by atoms with E-state index in [4.69, 9.17) is 5.14 Å². The zero-order valence-corrected chi connectivity index (χ0v) is 12.3. The molecule has 4 atom stereocenters. The van der Waals surface area contributed by atoms with E-state index in [1.54, 1.807) is 12.1 Å². The standard InChI is InChI=1S/C15H18N2O3S/c16-21(19,20)11-3-1-2-10(7-11)15(18)17-14-12-8-4-5-9(6-8)13(12)14/h1-3,7-9,12-14H,4-6H2,(H,17,18)(H2,16,19,20). The SMILES string of the molecule is NS(=O)(=O)c1cccc(C(=O)NC2C3C4CCC(C4)C23)c1. The van der Waals surface area contributed by atoms with E-state index in [0.717, 1.165) is 11.8 Å². The summed E-state index contributed by atoms with van der Waals surface area (Å²) in [6.45, 7) is 0. The van der Waals surface area contributed by atoms with E-state index in [-0.39, 0.29) is 10.8 Å². The number of carbonyl (C=O) groups is 1. The largest absolute Gasteiger partial charge is 0.349 e. The molecule has 0 radical (unpaired) electrons. The molecule has 3 fully saturated rings. The summed E-state index contributed by atoms with van der Waals surface area (Å²) < 4.78 is 22.7. The summed E-state index contributed by atoms with van der Waals surface area (Å²) in [5.74, 6) is 2.71. The summed E-state index contributed by atoms with van der Waals surface area (Å²) in [6, 6.07) is 6.21. The Kier molecular flexibility index (Phi) is 2.72. The van der Waals surface area contributed by atoms with Crippen molar-refractivity contribution in [2.24, 2.45) is 28.8 Å². The third kappa shape index (κ3) is 2.08. The predicted molar refractivity (Wildman–Crippen MR) is 76.9 cm³/mol. The predicted octanol–water partition coefficient (Wildman–Crippen LogP) is 1.11. The lowest BCUT2D eigenvalue weighted by atomic mass is 10.0. The average molecular weight is 306 g/mol. The van der Waals surface area contributed by atoms with Gasteiger partial charge >= 0.3 is 0 Å². The fraction of sp³-hybridized carbons (Fsp3) is 0.533. The number of fused-ring (bicyclic) bond motifs is 5. The molecule has 4 unspecified atom stereocenters.